The first-order chi connectivity index (χ1) is 10.2. The molecule has 0 saturated heterocycles. The molecule has 6 nitrogen and oxygen atoms in total. The molecule has 3 rings (SSSR count). The molecule has 0 spiro atoms. The lowest BCUT2D eigenvalue weighted by molar-refractivity contribution is 0.0849. The molecule has 0 bridgehead atoms. The fraction of sp³-hybridized carbons (Fsp3) is 0.333. The number of nitrogens with two attached hydrogens (primary N) is 1. The van der Waals surface area contributed by atoms with E-state index >= 15 is 0 Å². The molecule has 6 heteroatoms. The predicted molar refractivity (Wildman–Crippen MR) is 77.7 cm³/mol. The summed E-state index contributed by atoms with van der Waals surface area (Å²) >= 11 is 0. The highest BCUT2D eigenvalue weighted by atomic mass is 16.6. The average Bonchev–Trinajstić information content (AvgIpc) is 2.52. The second-order valence-corrected chi connectivity index (χ2v) is 4.80. The third-order valence-corrected chi connectivity index (χ3v) is 3.27. The van der Waals surface area contributed by atoms with Gasteiger partial charge in [-0.3, -0.25) is 0 Å². The zero-order valence-electron chi connectivity index (χ0n) is 11.8. The van der Waals surface area contributed by atoms with Gasteiger partial charge in [-0.15, -0.1) is 0 Å². The molecule has 1 atom stereocenters. The molecular weight excluding hydrogens is 270 g/mol. The summed E-state index contributed by atoms with van der Waals surface area (Å²) in [6.07, 6.45) is 1.51. The van der Waals surface area contributed by atoms with Crippen LogP contribution in [0.5, 0.6) is 17.4 Å². The first-order valence-corrected chi connectivity index (χ1v) is 6.80. The molecule has 2 heterocycles. The van der Waals surface area contributed by atoms with Gasteiger partial charge in [0.1, 0.15) is 12.7 Å². The van der Waals surface area contributed by atoms with Gasteiger partial charge in [-0.25, -0.2) is 4.98 Å². The van der Waals surface area contributed by atoms with Crippen LogP contribution < -0.4 is 19.9 Å². The van der Waals surface area contributed by atoms with E-state index in [4.69, 9.17) is 19.9 Å². The zero-order chi connectivity index (χ0) is 14.7. The molecule has 21 heavy (non-hydrogen) atoms. The molecule has 1 unspecified atom stereocenters. The maximum Gasteiger partial charge on any atom is 0.223 e. The first kappa shape index (κ1) is 13.5. The third kappa shape index (κ3) is 3.16. The van der Waals surface area contributed by atoms with Crippen LogP contribution in [0.4, 0.5) is 5.95 Å². The minimum absolute atomic E-state index is 0.00193. The van der Waals surface area contributed by atoms with Crippen molar-refractivity contribution in [1.82, 2.24) is 9.97 Å². The van der Waals surface area contributed by atoms with Gasteiger partial charge in [-0.1, -0.05) is 12.1 Å². The molecule has 0 saturated carbocycles. The molecule has 0 aliphatic carbocycles. The van der Waals surface area contributed by atoms with E-state index in [-0.39, 0.29) is 12.1 Å². The van der Waals surface area contributed by atoms with E-state index in [0.717, 1.165) is 30.0 Å². The Morgan fingerprint density at radius 1 is 1.29 bits per heavy atom. The summed E-state index contributed by atoms with van der Waals surface area (Å²) in [5.74, 6) is 2.27. The molecule has 1 aliphatic heterocycles. The third-order valence-electron chi connectivity index (χ3n) is 3.27. The van der Waals surface area contributed by atoms with Crippen LogP contribution in [0.1, 0.15) is 12.1 Å². The van der Waals surface area contributed by atoms with Gasteiger partial charge in [-0.2, -0.15) is 4.98 Å². The highest BCUT2D eigenvalue weighted by Crippen LogP contribution is 2.31. The summed E-state index contributed by atoms with van der Waals surface area (Å²) in [4.78, 5) is 8.17. The van der Waals surface area contributed by atoms with Crippen LogP contribution in [-0.4, -0.2) is 29.8 Å². The van der Waals surface area contributed by atoms with Gasteiger partial charge in [-0.05, 0) is 25.0 Å². The Morgan fingerprint density at radius 2 is 2.10 bits per heavy atom. The summed E-state index contributed by atoms with van der Waals surface area (Å²) in [5, 5.41) is 0. The minimum Gasteiger partial charge on any atom is -0.486 e. The lowest BCUT2D eigenvalue weighted by atomic mass is 10.1. The summed E-state index contributed by atoms with van der Waals surface area (Å²) in [5.41, 5.74) is 6.48. The summed E-state index contributed by atoms with van der Waals surface area (Å²) in [7, 11) is 1.56. The van der Waals surface area contributed by atoms with Gasteiger partial charge < -0.3 is 19.9 Å². The Kier molecular flexibility index (Phi) is 3.77. The largest absolute Gasteiger partial charge is 0.486 e. The van der Waals surface area contributed by atoms with Crippen molar-refractivity contribution in [3.05, 3.63) is 36.0 Å². The molecule has 0 radical (unpaired) electrons. The van der Waals surface area contributed by atoms with Crippen LogP contribution >= 0.6 is 0 Å². The molecule has 0 amide bonds. The highest BCUT2D eigenvalue weighted by molar-refractivity contribution is 5.40. The summed E-state index contributed by atoms with van der Waals surface area (Å²) < 4.78 is 16.7. The fourth-order valence-corrected chi connectivity index (χ4v) is 2.24. The topological polar surface area (TPSA) is 79.5 Å². The Morgan fingerprint density at radius 3 is 2.90 bits per heavy atom. The van der Waals surface area contributed by atoms with Crippen molar-refractivity contribution >= 4 is 5.95 Å². The molecular formula is C15H17N3O3. The minimum atomic E-state index is 0.00193. The molecule has 1 aliphatic rings. The smallest absolute Gasteiger partial charge is 0.223 e. The van der Waals surface area contributed by atoms with Gasteiger partial charge in [0.25, 0.3) is 0 Å². The second-order valence-electron chi connectivity index (χ2n) is 4.80. The number of benzene rings is 1. The zero-order valence-corrected chi connectivity index (χ0v) is 11.8. The number of aromatic nitrogens is 2. The highest BCUT2D eigenvalue weighted by Gasteiger charge is 2.20. The van der Waals surface area contributed by atoms with Crippen molar-refractivity contribution in [1.29, 1.82) is 0 Å². The van der Waals surface area contributed by atoms with E-state index in [2.05, 4.69) is 9.97 Å². The molecule has 1 aromatic heterocycles. The van der Waals surface area contributed by atoms with E-state index in [9.17, 15) is 0 Å². The quantitative estimate of drug-likeness (QED) is 0.924. The number of nitrogens with zero attached hydrogens (tertiary/aromatic N) is 2. The van der Waals surface area contributed by atoms with E-state index in [0.29, 0.717) is 12.5 Å². The molecule has 0 fully saturated rings. The van der Waals surface area contributed by atoms with Gasteiger partial charge in [0.05, 0.1) is 7.11 Å². The fourth-order valence-electron chi connectivity index (χ4n) is 2.24. The molecule has 2 N–H and O–H groups in total. The van der Waals surface area contributed by atoms with Crippen LogP contribution in [-0.2, 0) is 6.42 Å². The molecule has 1 aromatic carbocycles. The number of aryl methyl sites for hydroxylation is 1. The number of anilines is 1. The number of fused-ring (bicyclic) bond motifs is 1. The van der Waals surface area contributed by atoms with Crippen molar-refractivity contribution in [2.45, 2.75) is 18.9 Å². The second kappa shape index (κ2) is 5.87. The van der Waals surface area contributed by atoms with Crippen molar-refractivity contribution < 1.29 is 14.2 Å². The molecule has 2 aromatic rings. The Bertz CT molecular complexity index is 633. The van der Waals surface area contributed by atoms with Crippen molar-refractivity contribution in [2.24, 2.45) is 0 Å². The van der Waals surface area contributed by atoms with Crippen LogP contribution in [0, 0.1) is 0 Å². The van der Waals surface area contributed by atoms with Gasteiger partial charge >= 0.3 is 0 Å². The maximum absolute atomic E-state index is 5.91. The standard InChI is InChI=1S/C15H17N3O3/c1-19-14-8-10(17-15(16)18-14)6-7-11-9-20-12-4-2-3-5-13(12)21-11/h2-5,8,11H,6-7,9H2,1H3,(H2,16,17,18). The van der Waals surface area contributed by atoms with E-state index in [1.807, 2.05) is 24.3 Å². The number of hydrogen-bond donors (Lipinski definition) is 1. The number of hydrogen-bond acceptors (Lipinski definition) is 6. The van der Waals surface area contributed by atoms with Gasteiger partial charge in [0.2, 0.25) is 11.8 Å². The summed E-state index contributed by atoms with van der Waals surface area (Å²) in [6.45, 7) is 0.536. The van der Waals surface area contributed by atoms with E-state index in [1.54, 1.807) is 13.2 Å². The number of nitrogen functional groups attached to an aromatic ring is 1. The van der Waals surface area contributed by atoms with Gasteiger partial charge in [0.15, 0.2) is 11.5 Å². The monoisotopic (exact) mass is 287 g/mol. The van der Waals surface area contributed by atoms with Gasteiger partial charge in [0, 0.05) is 11.8 Å². The Hall–Kier alpha value is -2.50. The maximum atomic E-state index is 5.91. The van der Waals surface area contributed by atoms with Crippen LogP contribution in [0.3, 0.4) is 0 Å². The van der Waals surface area contributed by atoms with E-state index in [1.165, 1.54) is 0 Å². The van der Waals surface area contributed by atoms with Crippen molar-refractivity contribution in [2.75, 3.05) is 19.5 Å². The number of rotatable bonds is 4. The van der Waals surface area contributed by atoms with Crippen LogP contribution in [0.25, 0.3) is 0 Å². The predicted octanol–water partition coefficient (Wildman–Crippen LogP) is 1.84. The molecule has 110 valence electrons. The lowest BCUT2D eigenvalue weighted by Crippen LogP contribution is -2.29. The SMILES string of the molecule is COc1cc(CCC2COc3ccccc3O2)nc(N)n1. The number of methoxy groups -OCH3 is 1. The van der Waals surface area contributed by atoms with E-state index < -0.39 is 0 Å². The Labute approximate surface area is 122 Å². The first-order valence-electron chi connectivity index (χ1n) is 6.80. The van der Waals surface area contributed by atoms with Crippen LogP contribution in [0.15, 0.2) is 30.3 Å². The number of ether oxygens (including phenoxy) is 3. The van der Waals surface area contributed by atoms with Crippen molar-refractivity contribution in [3.8, 4) is 17.4 Å². The lowest BCUT2D eigenvalue weighted by Gasteiger charge is -2.26. The average molecular weight is 287 g/mol. The summed E-state index contributed by atoms with van der Waals surface area (Å²) in [6, 6.07) is 9.46. The Balaban J connectivity index is 1.63. The van der Waals surface area contributed by atoms with Crippen LogP contribution in [0.2, 0.25) is 0 Å². The van der Waals surface area contributed by atoms with Crippen molar-refractivity contribution in [3.63, 3.8) is 0 Å². The normalized spacial score (nSPS) is 16.5. The number of para-hydroxylation sites is 2.